The molecule has 1 aromatic carbocycles. The molecule has 0 fully saturated rings. The summed E-state index contributed by atoms with van der Waals surface area (Å²) in [5.74, 6) is -0.759. The molecular weight excluding hydrogens is 327 g/mol. The first kappa shape index (κ1) is 16.6. The fourth-order valence-electron chi connectivity index (χ4n) is 1.44. The second-order valence-electron chi connectivity index (χ2n) is 4.96. The van der Waals surface area contributed by atoms with Gasteiger partial charge in [0.25, 0.3) is 5.91 Å². The van der Waals surface area contributed by atoms with Gasteiger partial charge in [-0.15, -0.1) is 0 Å². The van der Waals surface area contributed by atoms with Crippen LogP contribution in [0.1, 0.15) is 31.1 Å². The zero-order chi connectivity index (χ0) is 15.3. The Hall–Kier alpha value is -1.43. The van der Waals surface area contributed by atoms with E-state index in [1.807, 2.05) is 13.8 Å². The van der Waals surface area contributed by atoms with Crippen LogP contribution in [-0.4, -0.2) is 24.4 Å². The Balaban J connectivity index is 2.60. The largest absolute Gasteiger partial charge is 0.354 e. The molecule has 0 aliphatic heterocycles. The molecule has 0 saturated carbocycles. The van der Waals surface area contributed by atoms with Gasteiger partial charge in [0.15, 0.2) is 0 Å². The van der Waals surface area contributed by atoms with Crippen LogP contribution >= 0.6 is 15.9 Å². The predicted molar refractivity (Wildman–Crippen MR) is 78.9 cm³/mol. The normalized spacial score (nSPS) is 12.1. The highest BCUT2D eigenvalue weighted by molar-refractivity contribution is 9.10. The topological polar surface area (TPSA) is 58.2 Å². The summed E-state index contributed by atoms with van der Waals surface area (Å²) in [6.45, 7) is 6.13. The second kappa shape index (κ2) is 7.38. The lowest BCUT2D eigenvalue weighted by Crippen LogP contribution is -2.45. The van der Waals surface area contributed by atoms with Crippen molar-refractivity contribution < 1.29 is 14.0 Å². The molecule has 0 aliphatic carbocycles. The number of carbonyl (C=O) groups is 2. The van der Waals surface area contributed by atoms with Crippen LogP contribution < -0.4 is 10.6 Å². The molecule has 0 aliphatic rings. The summed E-state index contributed by atoms with van der Waals surface area (Å²) in [5, 5.41) is 5.31. The van der Waals surface area contributed by atoms with E-state index in [-0.39, 0.29) is 10.4 Å². The molecule has 2 N–H and O–H groups in total. The van der Waals surface area contributed by atoms with E-state index in [0.29, 0.717) is 18.0 Å². The zero-order valence-electron chi connectivity index (χ0n) is 11.7. The molecule has 4 nitrogen and oxygen atoms in total. The first-order valence-electron chi connectivity index (χ1n) is 6.35. The van der Waals surface area contributed by atoms with Gasteiger partial charge in [0.1, 0.15) is 11.9 Å². The molecule has 110 valence electrons. The molecule has 1 rings (SSSR count). The van der Waals surface area contributed by atoms with Crippen LogP contribution in [0, 0.1) is 11.7 Å². The van der Waals surface area contributed by atoms with Crippen molar-refractivity contribution in [3.8, 4) is 0 Å². The monoisotopic (exact) mass is 344 g/mol. The quantitative estimate of drug-likeness (QED) is 0.861. The molecule has 1 unspecified atom stereocenters. The molecule has 1 aromatic rings. The molecule has 1 atom stereocenters. The summed E-state index contributed by atoms with van der Waals surface area (Å²) in [5.41, 5.74) is 0.293. The molecular formula is C14H18BrFN2O2. The lowest BCUT2D eigenvalue weighted by atomic mass is 10.2. The maximum atomic E-state index is 13.1. The van der Waals surface area contributed by atoms with Gasteiger partial charge >= 0.3 is 0 Å². The number of hydrogen-bond donors (Lipinski definition) is 2. The first-order chi connectivity index (χ1) is 9.31. The van der Waals surface area contributed by atoms with E-state index in [9.17, 15) is 14.0 Å². The first-order valence-corrected chi connectivity index (χ1v) is 7.14. The lowest BCUT2D eigenvalue weighted by Gasteiger charge is -2.15. The van der Waals surface area contributed by atoms with Crippen molar-refractivity contribution in [2.75, 3.05) is 6.54 Å². The number of benzene rings is 1. The van der Waals surface area contributed by atoms with E-state index in [2.05, 4.69) is 26.6 Å². The average Bonchev–Trinajstić information content (AvgIpc) is 2.38. The van der Waals surface area contributed by atoms with Gasteiger partial charge in [-0.1, -0.05) is 13.8 Å². The van der Waals surface area contributed by atoms with Crippen molar-refractivity contribution in [1.29, 1.82) is 0 Å². The van der Waals surface area contributed by atoms with Gasteiger partial charge in [0.2, 0.25) is 5.91 Å². The van der Waals surface area contributed by atoms with E-state index in [1.165, 1.54) is 18.2 Å². The lowest BCUT2D eigenvalue weighted by molar-refractivity contribution is -0.122. The van der Waals surface area contributed by atoms with Crippen LogP contribution in [-0.2, 0) is 4.79 Å². The van der Waals surface area contributed by atoms with Gasteiger partial charge in [-0.2, -0.15) is 0 Å². The van der Waals surface area contributed by atoms with Crippen LogP contribution in [0.4, 0.5) is 4.39 Å². The van der Waals surface area contributed by atoms with Gasteiger partial charge in [-0.25, -0.2) is 4.39 Å². The summed E-state index contributed by atoms with van der Waals surface area (Å²) < 4.78 is 13.3. The predicted octanol–water partition coefficient (Wildman–Crippen LogP) is 2.48. The Kier molecular flexibility index (Phi) is 6.13. The van der Waals surface area contributed by atoms with Gasteiger partial charge in [0.05, 0.1) is 4.47 Å². The van der Waals surface area contributed by atoms with Crippen molar-refractivity contribution >= 4 is 27.7 Å². The Morgan fingerprint density at radius 1 is 1.30 bits per heavy atom. The van der Waals surface area contributed by atoms with Crippen LogP contribution in [0.3, 0.4) is 0 Å². The minimum absolute atomic E-state index is 0.210. The summed E-state index contributed by atoms with van der Waals surface area (Å²) in [7, 11) is 0. The molecule has 0 saturated heterocycles. The molecule has 6 heteroatoms. The van der Waals surface area contributed by atoms with Crippen LogP contribution in [0.5, 0.6) is 0 Å². The number of rotatable bonds is 5. The van der Waals surface area contributed by atoms with Gasteiger partial charge in [-0.05, 0) is 47.0 Å². The van der Waals surface area contributed by atoms with Crippen LogP contribution in [0.2, 0.25) is 0 Å². The molecule has 0 spiro atoms. The third-order valence-corrected chi connectivity index (χ3v) is 3.21. The highest BCUT2D eigenvalue weighted by atomic mass is 79.9. The highest BCUT2D eigenvalue weighted by Crippen LogP contribution is 2.16. The standard InChI is InChI=1S/C14H18BrFN2O2/c1-8(2)7-17-13(19)9(3)18-14(20)10-4-5-12(16)11(15)6-10/h4-6,8-9H,7H2,1-3H3,(H,17,19)(H,18,20). The van der Waals surface area contributed by atoms with Crippen molar-refractivity contribution in [3.05, 3.63) is 34.1 Å². The average molecular weight is 345 g/mol. The fourth-order valence-corrected chi connectivity index (χ4v) is 1.82. The van der Waals surface area contributed by atoms with Gasteiger partial charge < -0.3 is 10.6 Å². The van der Waals surface area contributed by atoms with Crippen molar-refractivity contribution in [2.45, 2.75) is 26.8 Å². The number of amides is 2. The molecule has 2 amide bonds. The van der Waals surface area contributed by atoms with Gasteiger partial charge in [-0.3, -0.25) is 9.59 Å². The van der Waals surface area contributed by atoms with E-state index in [0.717, 1.165) is 0 Å². The number of hydrogen-bond acceptors (Lipinski definition) is 2. The maximum Gasteiger partial charge on any atom is 0.251 e. The Morgan fingerprint density at radius 3 is 2.50 bits per heavy atom. The summed E-state index contributed by atoms with van der Waals surface area (Å²) in [6.07, 6.45) is 0. The zero-order valence-corrected chi connectivity index (χ0v) is 13.3. The minimum atomic E-state index is -0.648. The van der Waals surface area contributed by atoms with Crippen molar-refractivity contribution in [1.82, 2.24) is 10.6 Å². The summed E-state index contributed by atoms with van der Waals surface area (Å²) >= 11 is 3.02. The third-order valence-electron chi connectivity index (χ3n) is 2.61. The maximum absolute atomic E-state index is 13.1. The number of carbonyl (C=O) groups excluding carboxylic acids is 2. The third kappa shape index (κ3) is 4.92. The number of nitrogens with one attached hydrogen (secondary N) is 2. The van der Waals surface area contributed by atoms with E-state index in [1.54, 1.807) is 6.92 Å². The second-order valence-corrected chi connectivity index (χ2v) is 5.82. The molecule has 0 bridgehead atoms. The van der Waals surface area contributed by atoms with Crippen LogP contribution in [0.15, 0.2) is 22.7 Å². The summed E-state index contributed by atoms with van der Waals surface area (Å²) in [4.78, 5) is 23.7. The van der Waals surface area contributed by atoms with E-state index in [4.69, 9.17) is 0 Å². The Bertz CT molecular complexity index is 506. The molecule has 0 aromatic heterocycles. The highest BCUT2D eigenvalue weighted by Gasteiger charge is 2.17. The van der Waals surface area contributed by atoms with Gasteiger partial charge in [0, 0.05) is 12.1 Å². The fraction of sp³-hybridized carbons (Fsp3) is 0.429. The number of halogens is 2. The van der Waals surface area contributed by atoms with Crippen LogP contribution in [0.25, 0.3) is 0 Å². The minimum Gasteiger partial charge on any atom is -0.354 e. The van der Waals surface area contributed by atoms with E-state index >= 15 is 0 Å². The SMILES string of the molecule is CC(C)CNC(=O)C(C)NC(=O)c1ccc(F)c(Br)c1. The van der Waals surface area contributed by atoms with Crippen molar-refractivity contribution in [2.24, 2.45) is 5.92 Å². The molecule has 0 heterocycles. The van der Waals surface area contributed by atoms with Crippen molar-refractivity contribution in [3.63, 3.8) is 0 Å². The Morgan fingerprint density at radius 2 is 1.95 bits per heavy atom. The summed E-state index contributed by atoms with van der Waals surface area (Å²) in [6, 6.07) is 3.30. The molecule has 0 radical (unpaired) electrons. The van der Waals surface area contributed by atoms with E-state index < -0.39 is 17.8 Å². The Labute approximate surface area is 126 Å². The molecule has 20 heavy (non-hydrogen) atoms. The smallest absolute Gasteiger partial charge is 0.251 e.